The van der Waals surface area contributed by atoms with Crippen LogP contribution in [0, 0.1) is 0 Å². The summed E-state index contributed by atoms with van der Waals surface area (Å²) in [5.74, 6) is 0.372. The molecule has 0 N–H and O–H groups in total. The number of nitrogens with zero attached hydrogens (tertiary/aromatic N) is 2. The van der Waals surface area contributed by atoms with Crippen molar-refractivity contribution in [1.82, 2.24) is 9.55 Å². The normalized spacial score (nSPS) is 11.1. The lowest BCUT2D eigenvalue weighted by molar-refractivity contribution is 0.0526. The number of halogens is 1. The van der Waals surface area contributed by atoms with E-state index in [1.165, 1.54) is 0 Å². The highest BCUT2D eigenvalue weighted by molar-refractivity contribution is 7.98. The Balaban J connectivity index is 1.92. The van der Waals surface area contributed by atoms with E-state index in [4.69, 9.17) is 26.1 Å². The summed E-state index contributed by atoms with van der Waals surface area (Å²) < 4.78 is 12.4. The topological polar surface area (TPSA) is 53.3 Å². The van der Waals surface area contributed by atoms with Crippen molar-refractivity contribution in [2.45, 2.75) is 24.4 Å². The van der Waals surface area contributed by atoms with Crippen molar-refractivity contribution in [3.8, 4) is 0 Å². The number of thioether (sulfide) groups is 1. The van der Waals surface area contributed by atoms with Crippen molar-refractivity contribution in [2.75, 3.05) is 20.3 Å². The minimum absolute atomic E-state index is 0.337. The number of imidazole rings is 1. The van der Waals surface area contributed by atoms with Crippen molar-refractivity contribution < 1.29 is 14.3 Å². The third-order valence-corrected chi connectivity index (χ3v) is 5.45. The van der Waals surface area contributed by atoms with Gasteiger partial charge in [-0.3, -0.25) is 0 Å². The second-order valence-electron chi connectivity index (χ2n) is 5.84. The van der Waals surface area contributed by atoms with E-state index in [1.54, 1.807) is 37.9 Å². The fourth-order valence-electron chi connectivity index (χ4n) is 2.72. The molecule has 3 rings (SSSR count). The molecule has 0 amide bonds. The highest BCUT2D eigenvalue weighted by atomic mass is 35.5. The monoisotopic (exact) mass is 404 g/mol. The Morgan fingerprint density at radius 2 is 2.07 bits per heavy atom. The molecule has 142 valence electrons. The summed E-state index contributed by atoms with van der Waals surface area (Å²) in [5.41, 5.74) is 3.28. The Hall–Kier alpha value is -2.02. The van der Waals surface area contributed by atoms with Gasteiger partial charge in [0.15, 0.2) is 5.16 Å². The summed E-state index contributed by atoms with van der Waals surface area (Å²) in [4.78, 5) is 16.7. The number of carbonyl (C=O) groups excluding carboxylic acids is 1. The fraction of sp³-hybridized carbons (Fsp3) is 0.300. The van der Waals surface area contributed by atoms with E-state index in [2.05, 4.69) is 4.57 Å². The van der Waals surface area contributed by atoms with Crippen molar-refractivity contribution in [1.29, 1.82) is 0 Å². The molecule has 0 radical (unpaired) electrons. The van der Waals surface area contributed by atoms with Gasteiger partial charge >= 0.3 is 5.97 Å². The number of carbonyl (C=O) groups is 1. The lowest BCUT2D eigenvalue weighted by Crippen LogP contribution is -2.06. The van der Waals surface area contributed by atoms with Crippen molar-refractivity contribution in [2.24, 2.45) is 0 Å². The molecule has 2 aromatic carbocycles. The maximum atomic E-state index is 12.0. The van der Waals surface area contributed by atoms with Crippen molar-refractivity contribution >= 4 is 40.4 Å². The van der Waals surface area contributed by atoms with E-state index >= 15 is 0 Å². The van der Waals surface area contributed by atoms with E-state index in [-0.39, 0.29) is 5.97 Å². The molecule has 0 aliphatic carbocycles. The summed E-state index contributed by atoms with van der Waals surface area (Å²) in [5, 5.41) is 1.61. The van der Waals surface area contributed by atoms with Gasteiger partial charge in [-0.1, -0.05) is 41.6 Å². The smallest absolute Gasteiger partial charge is 0.338 e. The first-order chi connectivity index (χ1) is 13.1. The lowest BCUT2D eigenvalue weighted by atomic mass is 10.2. The molecular formula is C20H21ClN2O3S. The molecule has 0 fully saturated rings. The van der Waals surface area contributed by atoms with E-state index in [0.29, 0.717) is 31.1 Å². The summed E-state index contributed by atoms with van der Waals surface area (Å²) in [7, 11) is 1.68. The van der Waals surface area contributed by atoms with Gasteiger partial charge in [0.25, 0.3) is 0 Å². The minimum atomic E-state index is -0.337. The molecule has 1 heterocycles. The van der Waals surface area contributed by atoms with Crippen LogP contribution in [0.2, 0.25) is 5.02 Å². The number of hydrogen-bond acceptors (Lipinski definition) is 5. The maximum Gasteiger partial charge on any atom is 0.338 e. The average Bonchev–Trinajstić information content (AvgIpc) is 3.02. The van der Waals surface area contributed by atoms with Gasteiger partial charge in [0, 0.05) is 24.4 Å². The predicted molar refractivity (Wildman–Crippen MR) is 109 cm³/mol. The van der Waals surface area contributed by atoms with Crippen LogP contribution in [0.15, 0.2) is 47.6 Å². The first-order valence-corrected chi connectivity index (χ1v) is 10.0. The highest BCUT2D eigenvalue weighted by Crippen LogP contribution is 2.29. The molecule has 1 aromatic heterocycles. The number of methoxy groups -OCH3 is 1. The van der Waals surface area contributed by atoms with Crippen LogP contribution >= 0.6 is 23.4 Å². The maximum absolute atomic E-state index is 12.0. The van der Waals surface area contributed by atoms with Gasteiger partial charge in [0.2, 0.25) is 0 Å². The predicted octanol–water partition coefficient (Wildman–Crippen LogP) is 4.81. The molecule has 27 heavy (non-hydrogen) atoms. The van der Waals surface area contributed by atoms with Crippen LogP contribution in [0.1, 0.15) is 22.8 Å². The molecule has 5 nitrogen and oxygen atoms in total. The molecule has 7 heteroatoms. The van der Waals surface area contributed by atoms with Crippen LogP contribution < -0.4 is 0 Å². The molecule has 0 saturated carbocycles. The van der Waals surface area contributed by atoms with Gasteiger partial charge in [0.05, 0.1) is 29.8 Å². The molecule has 0 aliphatic heterocycles. The Bertz CT molecular complexity index is 942. The molecule has 3 aromatic rings. The number of ether oxygens (including phenoxy) is 2. The van der Waals surface area contributed by atoms with Crippen LogP contribution in [-0.2, 0) is 21.8 Å². The third kappa shape index (κ3) is 4.64. The van der Waals surface area contributed by atoms with Gasteiger partial charge in [-0.25, -0.2) is 9.78 Å². The largest absolute Gasteiger partial charge is 0.462 e. The van der Waals surface area contributed by atoms with Gasteiger partial charge in [0.1, 0.15) is 0 Å². The standard InChI is InChI=1S/C20H21ClN2O3S/c1-3-26-19(24)14-8-9-18-17(12-14)22-20(23(18)10-11-25-2)27-13-15-6-4-5-7-16(15)21/h4-9,12H,3,10-11,13H2,1-2H3. The molecule has 0 spiro atoms. The van der Waals surface area contributed by atoms with E-state index in [9.17, 15) is 4.79 Å². The number of rotatable bonds is 8. The Morgan fingerprint density at radius 1 is 1.26 bits per heavy atom. The Kier molecular flexibility index (Phi) is 6.77. The second kappa shape index (κ2) is 9.26. The van der Waals surface area contributed by atoms with Crippen LogP contribution in [0.5, 0.6) is 0 Å². The summed E-state index contributed by atoms with van der Waals surface area (Å²) >= 11 is 7.88. The first-order valence-electron chi connectivity index (χ1n) is 8.66. The molecule has 0 unspecified atom stereocenters. The zero-order valence-electron chi connectivity index (χ0n) is 15.3. The summed E-state index contributed by atoms with van der Waals surface area (Å²) in [6.07, 6.45) is 0. The Labute approximate surface area is 167 Å². The number of aromatic nitrogens is 2. The average molecular weight is 405 g/mol. The SMILES string of the molecule is CCOC(=O)c1ccc2c(c1)nc(SCc1ccccc1Cl)n2CCOC. The number of fused-ring (bicyclic) bond motifs is 1. The van der Waals surface area contributed by atoms with Crippen LogP contribution in [-0.4, -0.2) is 35.8 Å². The Morgan fingerprint density at radius 3 is 2.81 bits per heavy atom. The van der Waals surface area contributed by atoms with E-state index in [0.717, 1.165) is 26.8 Å². The quantitative estimate of drug-likeness (QED) is 0.398. The van der Waals surface area contributed by atoms with Gasteiger partial charge in [-0.05, 0) is 36.8 Å². The van der Waals surface area contributed by atoms with Crippen LogP contribution in [0.4, 0.5) is 0 Å². The molecule has 0 atom stereocenters. The molecule has 0 saturated heterocycles. The second-order valence-corrected chi connectivity index (χ2v) is 7.19. The van der Waals surface area contributed by atoms with E-state index < -0.39 is 0 Å². The number of hydrogen-bond donors (Lipinski definition) is 0. The molecular weight excluding hydrogens is 384 g/mol. The third-order valence-electron chi connectivity index (χ3n) is 4.06. The number of benzene rings is 2. The van der Waals surface area contributed by atoms with Gasteiger partial charge < -0.3 is 14.0 Å². The first kappa shape index (κ1) is 19.7. The van der Waals surface area contributed by atoms with Gasteiger partial charge in [-0.2, -0.15) is 0 Å². The minimum Gasteiger partial charge on any atom is -0.462 e. The molecule has 0 bridgehead atoms. The van der Waals surface area contributed by atoms with Crippen LogP contribution in [0.25, 0.3) is 11.0 Å². The van der Waals surface area contributed by atoms with E-state index in [1.807, 2.05) is 30.3 Å². The lowest BCUT2D eigenvalue weighted by Gasteiger charge is -2.09. The van der Waals surface area contributed by atoms with Crippen LogP contribution in [0.3, 0.4) is 0 Å². The molecule has 0 aliphatic rings. The number of esters is 1. The zero-order chi connectivity index (χ0) is 19.2. The summed E-state index contributed by atoms with van der Waals surface area (Å²) in [6.45, 7) is 3.39. The zero-order valence-corrected chi connectivity index (χ0v) is 16.8. The highest BCUT2D eigenvalue weighted by Gasteiger charge is 2.15. The van der Waals surface area contributed by atoms with Crippen molar-refractivity contribution in [3.05, 3.63) is 58.6 Å². The summed E-state index contributed by atoms with van der Waals surface area (Å²) in [6, 6.07) is 13.2. The fourth-order valence-corrected chi connectivity index (χ4v) is 4.04. The van der Waals surface area contributed by atoms with Crippen molar-refractivity contribution in [3.63, 3.8) is 0 Å². The van der Waals surface area contributed by atoms with Gasteiger partial charge in [-0.15, -0.1) is 0 Å².